The van der Waals surface area contributed by atoms with Gasteiger partial charge in [-0.3, -0.25) is 0 Å². The number of fused-ring (bicyclic) bond motifs is 1. The van der Waals surface area contributed by atoms with E-state index in [1.165, 1.54) is 23.1 Å². The van der Waals surface area contributed by atoms with Gasteiger partial charge in [-0.2, -0.15) is 0 Å². The van der Waals surface area contributed by atoms with E-state index in [-0.39, 0.29) is 0 Å². The van der Waals surface area contributed by atoms with Gasteiger partial charge in [-0.25, -0.2) is 9.97 Å². The Morgan fingerprint density at radius 2 is 1.94 bits per heavy atom. The first-order valence-electron chi connectivity index (χ1n) is 6.63. The van der Waals surface area contributed by atoms with Gasteiger partial charge in [0.1, 0.15) is 16.5 Å². The Hall–Kier alpha value is -1.16. The third-order valence-electron chi connectivity index (χ3n) is 3.69. The van der Waals surface area contributed by atoms with Gasteiger partial charge in [-0.1, -0.05) is 6.92 Å². The van der Waals surface area contributed by atoms with E-state index in [9.17, 15) is 0 Å². The molecule has 96 valence electrons. The number of piperidine rings is 1. The molecule has 3 heterocycles. The predicted octanol–water partition coefficient (Wildman–Crippen LogP) is 3.54. The molecule has 4 heteroatoms. The molecule has 0 bridgehead atoms. The molecular formula is C14H19N3S. The number of aryl methyl sites for hydroxylation is 2. The average Bonchev–Trinajstić information content (AvgIpc) is 2.69. The summed E-state index contributed by atoms with van der Waals surface area (Å²) in [4.78, 5) is 14.1. The SMILES string of the molecule is Cc1nc(N2CCC(C)CC2)c2cc(C)sc2n1. The van der Waals surface area contributed by atoms with E-state index in [2.05, 4.69) is 34.8 Å². The molecule has 3 rings (SSSR count). The fourth-order valence-corrected chi connectivity index (χ4v) is 3.51. The molecular weight excluding hydrogens is 242 g/mol. The minimum atomic E-state index is 0.851. The topological polar surface area (TPSA) is 29.0 Å². The second kappa shape index (κ2) is 4.50. The molecule has 0 radical (unpaired) electrons. The molecule has 1 aliphatic rings. The number of nitrogens with zero attached hydrogens (tertiary/aromatic N) is 3. The highest BCUT2D eigenvalue weighted by molar-refractivity contribution is 7.18. The van der Waals surface area contributed by atoms with E-state index in [1.54, 1.807) is 11.3 Å². The Kier molecular flexibility index (Phi) is 2.98. The maximum absolute atomic E-state index is 4.68. The number of aromatic nitrogens is 2. The third-order valence-corrected chi connectivity index (χ3v) is 4.64. The van der Waals surface area contributed by atoms with Crippen LogP contribution in [0.25, 0.3) is 10.2 Å². The molecule has 3 nitrogen and oxygen atoms in total. The zero-order valence-electron chi connectivity index (χ0n) is 11.2. The summed E-state index contributed by atoms with van der Waals surface area (Å²) in [5, 5.41) is 1.23. The molecule has 1 aliphatic heterocycles. The summed E-state index contributed by atoms with van der Waals surface area (Å²) in [6.45, 7) is 8.73. The lowest BCUT2D eigenvalue weighted by molar-refractivity contribution is 0.437. The van der Waals surface area contributed by atoms with Crippen LogP contribution in [0, 0.1) is 19.8 Å². The van der Waals surface area contributed by atoms with Crippen molar-refractivity contribution in [3.63, 3.8) is 0 Å². The quantitative estimate of drug-likeness (QED) is 0.786. The van der Waals surface area contributed by atoms with Crippen molar-refractivity contribution in [3.05, 3.63) is 16.8 Å². The van der Waals surface area contributed by atoms with Gasteiger partial charge in [0.25, 0.3) is 0 Å². The molecule has 0 aromatic carbocycles. The van der Waals surface area contributed by atoms with Crippen molar-refractivity contribution in [2.75, 3.05) is 18.0 Å². The van der Waals surface area contributed by atoms with Crippen LogP contribution >= 0.6 is 11.3 Å². The van der Waals surface area contributed by atoms with Gasteiger partial charge in [-0.15, -0.1) is 11.3 Å². The van der Waals surface area contributed by atoms with Gasteiger partial charge in [0.05, 0.1) is 5.39 Å². The lowest BCUT2D eigenvalue weighted by atomic mass is 9.99. The van der Waals surface area contributed by atoms with Crippen LogP contribution in [0.4, 0.5) is 5.82 Å². The fraction of sp³-hybridized carbons (Fsp3) is 0.571. The predicted molar refractivity (Wildman–Crippen MR) is 77.5 cm³/mol. The zero-order chi connectivity index (χ0) is 12.7. The van der Waals surface area contributed by atoms with E-state index >= 15 is 0 Å². The first kappa shape index (κ1) is 11.9. The summed E-state index contributed by atoms with van der Waals surface area (Å²) < 4.78 is 0. The minimum absolute atomic E-state index is 0.851. The number of rotatable bonds is 1. The summed E-state index contributed by atoms with van der Waals surface area (Å²) in [6, 6.07) is 2.23. The van der Waals surface area contributed by atoms with E-state index in [4.69, 9.17) is 0 Å². The molecule has 0 atom stereocenters. The van der Waals surface area contributed by atoms with Crippen LogP contribution in [0.3, 0.4) is 0 Å². The third kappa shape index (κ3) is 2.09. The van der Waals surface area contributed by atoms with Gasteiger partial charge in [0.2, 0.25) is 0 Å². The Morgan fingerprint density at radius 3 is 2.67 bits per heavy atom. The summed E-state index contributed by atoms with van der Waals surface area (Å²) in [7, 11) is 0. The summed E-state index contributed by atoms with van der Waals surface area (Å²) >= 11 is 1.77. The van der Waals surface area contributed by atoms with Gasteiger partial charge in [-0.05, 0) is 38.7 Å². The highest BCUT2D eigenvalue weighted by Gasteiger charge is 2.20. The van der Waals surface area contributed by atoms with Gasteiger partial charge in [0.15, 0.2) is 0 Å². The van der Waals surface area contributed by atoms with E-state index in [0.29, 0.717) is 0 Å². The van der Waals surface area contributed by atoms with Crippen molar-refractivity contribution >= 4 is 27.4 Å². The van der Waals surface area contributed by atoms with Crippen LogP contribution in [0.15, 0.2) is 6.07 Å². The number of thiophene rings is 1. The van der Waals surface area contributed by atoms with Crippen LogP contribution < -0.4 is 4.90 Å². The van der Waals surface area contributed by atoms with Crippen molar-refractivity contribution in [3.8, 4) is 0 Å². The van der Waals surface area contributed by atoms with Gasteiger partial charge < -0.3 is 4.90 Å². The summed E-state index contributed by atoms with van der Waals surface area (Å²) in [6.07, 6.45) is 2.54. The lowest BCUT2D eigenvalue weighted by Crippen LogP contribution is -2.33. The molecule has 0 amide bonds. The van der Waals surface area contributed by atoms with Crippen molar-refractivity contribution in [1.29, 1.82) is 0 Å². The number of hydrogen-bond donors (Lipinski definition) is 0. The summed E-state index contributed by atoms with van der Waals surface area (Å²) in [5.41, 5.74) is 0. The minimum Gasteiger partial charge on any atom is -0.356 e. The highest BCUT2D eigenvalue weighted by atomic mass is 32.1. The molecule has 0 spiro atoms. The molecule has 1 fully saturated rings. The van der Waals surface area contributed by atoms with Gasteiger partial charge in [0, 0.05) is 18.0 Å². The lowest BCUT2D eigenvalue weighted by Gasteiger charge is -2.31. The first-order valence-corrected chi connectivity index (χ1v) is 7.45. The van der Waals surface area contributed by atoms with E-state index < -0.39 is 0 Å². The van der Waals surface area contributed by atoms with Crippen molar-refractivity contribution < 1.29 is 0 Å². The summed E-state index contributed by atoms with van der Waals surface area (Å²) in [5.74, 6) is 2.88. The molecule has 0 unspecified atom stereocenters. The standard InChI is InChI=1S/C14H19N3S/c1-9-4-6-17(7-5-9)13-12-8-10(2)18-14(12)16-11(3)15-13/h8-9H,4-7H2,1-3H3. The molecule has 1 saturated heterocycles. The Bertz CT molecular complexity index is 568. The monoisotopic (exact) mass is 261 g/mol. The number of anilines is 1. The maximum Gasteiger partial charge on any atom is 0.141 e. The molecule has 0 saturated carbocycles. The molecule has 18 heavy (non-hydrogen) atoms. The fourth-order valence-electron chi connectivity index (χ4n) is 2.59. The van der Waals surface area contributed by atoms with E-state index in [1.807, 2.05) is 6.92 Å². The van der Waals surface area contributed by atoms with Crippen LogP contribution in [-0.4, -0.2) is 23.1 Å². The van der Waals surface area contributed by atoms with Crippen molar-refractivity contribution in [2.45, 2.75) is 33.6 Å². The first-order chi connectivity index (χ1) is 8.63. The Morgan fingerprint density at radius 1 is 1.22 bits per heavy atom. The smallest absolute Gasteiger partial charge is 0.141 e. The van der Waals surface area contributed by atoms with Crippen LogP contribution in [-0.2, 0) is 0 Å². The van der Waals surface area contributed by atoms with Gasteiger partial charge >= 0.3 is 0 Å². The Balaban J connectivity index is 2.04. The Labute approximate surface area is 112 Å². The molecule has 0 aliphatic carbocycles. The van der Waals surface area contributed by atoms with Crippen molar-refractivity contribution in [1.82, 2.24) is 9.97 Å². The zero-order valence-corrected chi connectivity index (χ0v) is 12.0. The molecule has 0 N–H and O–H groups in total. The molecule has 2 aromatic heterocycles. The largest absolute Gasteiger partial charge is 0.356 e. The van der Waals surface area contributed by atoms with Crippen molar-refractivity contribution in [2.24, 2.45) is 5.92 Å². The normalized spacial score (nSPS) is 17.6. The van der Waals surface area contributed by atoms with Crippen LogP contribution in [0.5, 0.6) is 0 Å². The second-order valence-corrected chi connectivity index (χ2v) is 6.57. The number of hydrogen-bond acceptors (Lipinski definition) is 4. The maximum atomic E-state index is 4.68. The highest BCUT2D eigenvalue weighted by Crippen LogP contribution is 2.32. The van der Waals surface area contributed by atoms with E-state index in [0.717, 1.165) is 35.5 Å². The second-order valence-electron chi connectivity index (χ2n) is 5.34. The van der Waals surface area contributed by atoms with Crippen LogP contribution in [0.1, 0.15) is 30.5 Å². The molecule has 2 aromatic rings. The average molecular weight is 261 g/mol. The van der Waals surface area contributed by atoms with Crippen LogP contribution in [0.2, 0.25) is 0 Å².